The Morgan fingerprint density at radius 1 is 0.778 bits per heavy atom. The summed E-state index contributed by atoms with van der Waals surface area (Å²) in [5.74, 6) is 0. The maximum Gasteiger partial charge on any atom is 0.433 e. The van der Waals surface area contributed by atoms with Crippen molar-refractivity contribution in [2.45, 2.75) is 43.3 Å². The number of hydrogen-bond acceptors (Lipinski definition) is 4. The molecule has 4 nitrogen and oxygen atoms in total. The van der Waals surface area contributed by atoms with Crippen molar-refractivity contribution in [3.05, 3.63) is 63.5 Å². The van der Waals surface area contributed by atoms with Crippen LogP contribution in [-0.2, 0) is 29.4 Å². The third kappa shape index (κ3) is 6.58. The highest BCUT2D eigenvalue weighted by Crippen LogP contribution is 2.43. The van der Waals surface area contributed by atoms with Crippen LogP contribution in [0.25, 0.3) is 0 Å². The summed E-state index contributed by atoms with van der Waals surface area (Å²) in [6.45, 7) is 0. The van der Waals surface area contributed by atoms with Gasteiger partial charge in [0.2, 0.25) is 0 Å². The number of aliphatic hydroxyl groups is 1. The lowest BCUT2D eigenvalue weighted by molar-refractivity contribution is -0.150. The lowest BCUT2D eigenvalue weighted by atomic mass is 9.92. The minimum Gasteiger partial charge on any atom is -0.388 e. The molecule has 0 spiro atoms. The number of ether oxygens (including phenoxy) is 1. The first-order valence-corrected chi connectivity index (χ1v) is 9.29. The molecule has 0 aliphatic heterocycles. The van der Waals surface area contributed by atoms with Gasteiger partial charge in [0.05, 0.1) is 28.9 Å². The summed E-state index contributed by atoms with van der Waals surface area (Å²) in [6.07, 6.45) is -26.9. The van der Waals surface area contributed by atoms with Crippen LogP contribution in [0.3, 0.4) is 0 Å². The molecule has 2 unspecified atom stereocenters. The van der Waals surface area contributed by atoms with Crippen LogP contribution in [0.15, 0.2) is 24.3 Å². The zero-order chi connectivity index (χ0) is 27.9. The van der Waals surface area contributed by atoms with Crippen molar-refractivity contribution < 1.29 is 62.5 Å². The first kappa shape index (κ1) is 29.2. The van der Waals surface area contributed by atoms with E-state index in [9.17, 15) is 57.8 Å². The Morgan fingerprint density at radius 3 is 1.50 bits per heavy atom. The Labute approximate surface area is 193 Å². The minimum atomic E-state index is -5.48. The van der Waals surface area contributed by atoms with Gasteiger partial charge in [-0.1, -0.05) is 0 Å². The summed E-state index contributed by atoms with van der Waals surface area (Å²) in [5.41, 5.74) is -11.8. The van der Waals surface area contributed by atoms with Gasteiger partial charge in [0.25, 0.3) is 0 Å². The average molecular weight is 540 g/mol. The summed E-state index contributed by atoms with van der Waals surface area (Å²) in [7, 11) is 0.777. The van der Waals surface area contributed by atoms with Gasteiger partial charge in [0.1, 0.15) is 17.5 Å². The van der Waals surface area contributed by atoms with E-state index in [1.165, 1.54) is 0 Å². The van der Waals surface area contributed by atoms with E-state index < -0.39 is 82.5 Å². The van der Waals surface area contributed by atoms with Crippen molar-refractivity contribution in [1.82, 2.24) is 4.98 Å². The molecule has 0 aliphatic rings. The lowest BCUT2D eigenvalue weighted by Crippen LogP contribution is -2.19. The molecular weight excluding hydrogens is 528 g/mol. The number of methoxy groups -OCH3 is 1. The molecule has 0 fully saturated rings. The average Bonchev–Trinajstić information content (AvgIpc) is 2.73. The summed E-state index contributed by atoms with van der Waals surface area (Å²) < 4.78 is 163. The molecule has 0 radical (unpaired) electrons. The summed E-state index contributed by atoms with van der Waals surface area (Å²) in [6, 6.07) is 1.12. The van der Waals surface area contributed by atoms with Gasteiger partial charge in [-0.15, -0.1) is 0 Å². The van der Waals surface area contributed by atoms with Gasteiger partial charge in [-0.05, 0) is 35.4 Å². The van der Waals surface area contributed by atoms with Crippen molar-refractivity contribution in [2.75, 3.05) is 7.11 Å². The van der Waals surface area contributed by atoms with Gasteiger partial charge < -0.3 is 9.84 Å². The largest absolute Gasteiger partial charge is 0.433 e. The van der Waals surface area contributed by atoms with Crippen molar-refractivity contribution in [1.29, 1.82) is 5.26 Å². The number of rotatable bonds is 5. The summed E-state index contributed by atoms with van der Waals surface area (Å²) in [5, 5.41) is 19.2. The highest BCUT2D eigenvalue weighted by molar-refractivity contribution is 5.50. The standard InChI is InChI=1S/C20H12F12N2O2/c1-36-14(9-4-15(19(27,28)29)34-16(5-9)20(30,31)32)6-13(35)8-2-11(17(21,22)23)10(7-33)12(3-8)18(24,25)26/h2-5,13-14,35H,6H2,1H3. The van der Waals surface area contributed by atoms with Crippen molar-refractivity contribution >= 4 is 0 Å². The number of pyridine rings is 1. The van der Waals surface area contributed by atoms with Gasteiger partial charge in [-0.25, -0.2) is 4.98 Å². The van der Waals surface area contributed by atoms with E-state index in [1.54, 1.807) is 0 Å². The van der Waals surface area contributed by atoms with Gasteiger partial charge in [-0.2, -0.15) is 57.9 Å². The Bertz CT molecular complexity index is 1080. The van der Waals surface area contributed by atoms with Crippen LogP contribution in [0, 0.1) is 11.3 Å². The maximum absolute atomic E-state index is 13.3. The maximum atomic E-state index is 13.3. The van der Waals surface area contributed by atoms with Crippen molar-refractivity contribution in [3.63, 3.8) is 0 Å². The third-order valence-electron chi connectivity index (χ3n) is 4.79. The molecule has 198 valence electrons. The van der Waals surface area contributed by atoms with E-state index in [4.69, 9.17) is 10.00 Å². The molecule has 2 rings (SSSR count). The first-order valence-electron chi connectivity index (χ1n) is 9.29. The SMILES string of the molecule is COC(CC(O)c1cc(C(F)(F)F)c(C#N)c(C(F)(F)F)c1)c1cc(C(F)(F)F)nc(C(F)(F)F)c1. The molecular formula is C20H12F12N2O2. The second kappa shape index (κ2) is 9.77. The van der Waals surface area contributed by atoms with E-state index in [0.29, 0.717) is 0 Å². The molecule has 1 N–H and O–H groups in total. The zero-order valence-corrected chi connectivity index (χ0v) is 17.5. The molecule has 2 atom stereocenters. The lowest BCUT2D eigenvalue weighted by Gasteiger charge is -2.23. The van der Waals surface area contributed by atoms with Gasteiger partial charge in [-0.3, -0.25) is 0 Å². The van der Waals surface area contributed by atoms with E-state index in [0.717, 1.165) is 13.2 Å². The fraction of sp³-hybridized carbons (Fsp3) is 0.400. The molecule has 2 aromatic rings. The molecule has 0 amide bonds. The summed E-state index contributed by atoms with van der Waals surface area (Å²) >= 11 is 0. The van der Waals surface area contributed by atoms with Crippen LogP contribution in [0.5, 0.6) is 0 Å². The second-order valence-electron chi connectivity index (χ2n) is 7.24. The fourth-order valence-electron chi connectivity index (χ4n) is 3.16. The number of nitrogens with zero attached hydrogens (tertiary/aromatic N) is 2. The Hall–Kier alpha value is -3.06. The molecule has 0 bridgehead atoms. The molecule has 1 aromatic carbocycles. The quantitative estimate of drug-likeness (QED) is 0.422. The van der Waals surface area contributed by atoms with Crippen LogP contribution in [0.1, 0.15) is 57.8 Å². The number of aliphatic hydroxyl groups excluding tert-OH is 1. The topological polar surface area (TPSA) is 66.1 Å². The molecule has 36 heavy (non-hydrogen) atoms. The smallest absolute Gasteiger partial charge is 0.388 e. The minimum absolute atomic E-state index is 0.0278. The number of hydrogen-bond donors (Lipinski definition) is 1. The van der Waals surface area contributed by atoms with Crippen LogP contribution in [0.4, 0.5) is 52.7 Å². The molecule has 0 saturated carbocycles. The molecule has 1 heterocycles. The summed E-state index contributed by atoms with van der Waals surface area (Å²) in [4.78, 5) is 2.48. The number of alkyl halides is 12. The third-order valence-corrected chi connectivity index (χ3v) is 4.79. The second-order valence-corrected chi connectivity index (χ2v) is 7.24. The van der Waals surface area contributed by atoms with Crippen LogP contribution in [0.2, 0.25) is 0 Å². The molecule has 0 aliphatic carbocycles. The van der Waals surface area contributed by atoms with E-state index in [1.807, 2.05) is 0 Å². The predicted molar refractivity (Wildman–Crippen MR) is 94.7 cm³/mol. The number of benzene rings is 1. The Morgan fingerprint density at radius 2 is 1.19 bits per heavy atom. The van der Waals surface area contributed by atoms with Crippen LogP contribution >= 0.6 is 0 Å². The van der Waals surface area contributed by atoms with E-state index in [2.05, 4.69) is 4.98 Å². The van der Waals surface area contributed by atoms with Crippen molar-refractivity contribution in [2.24, 2.45) is 0 Å². The monoisotopic (exact) mass is 540 g/mol. The van der Waals surface area contributed by atoms with Gasteiger partial charge in [0, 0.05) is 13.5 Å². The van der Waals surface area contributed by atoms with E-state index >= 15 is 0 Å². The normalized spacial score (nSPS) is 14.9. The van der Waals surface area contributed by atoms with Gasteiger partial charge >= 0.3 is 24.7 Å². The van der Waals surface area contributed by atoms with E-state index in [-0.39, 0.29) is 24.3 Å². The molecule has 0 saturated heterocycles. The zero-order valence-electron chi connectivity index (χ0n) is 17.5. The Balaban J connectivity index is 2.62. The first-order chi connectivity index (χ1) is 16.2. The number of aromatic nitrogens is 1. The molecule has 16 heteroatoms. The number of halogens is 12. The van der Waals surface area contributed by atoms with Crippen LogP contribution < -0.4 is 0 Å². The van der Waals surface area contributed by atoms with Crippen molar-refractivity contribution in [3.8, 4) is 6.07 Å². The fourth-order valence-corrected chi connectivity index (χ4v) is 3.16. The predicted octanol–water partition coefficient (Wildman–Crippen LogP) is 6.84. The highest BCUT2D eigenvalue weighted by atomic mass is 19.4. The number of nitriles is 1. The highest BCUT2D eigenvalue weighted by Gasteiger charge is 2.43. The Kier molecular flexibility index (Phi) is 7.92. The molecule has 1 aromatic heterocycles. The van der Waals surface area contributed by atoms with Crippen LogP contribution in [-0.4, -0.2) is 17.2 Å². The van der Waals surface area contributed by atoms with Gasteiger partial charge in [0.15, 0.2) is 0 Å².